The van der Waals surface area contributed by atoms with Gasteiger partial charge in [0.2, 0.25) is 0 Å². The number of methoxy groups -OCH3 is 1. The van der Waals surface area contributed by atoms with E-state index in [2.05, 4.69) is 33.8 Å². The molecule has 3 heteroatoms. The van der Waals surface area contributed by atoms with Crippen LogP contribution >= 0.6 is 0 Å². The molecule has 1 aliphatic heterocycles. The van der Waals surface area contributed by atoms with Gasteiger partial charge in [-0.3, -0.25) is 0 Å². The van der Waals surface area contributed by atoms with Gasteiger partial charge in [-0.2, -0.15) is 0 Å². The van der Waals surface area contributed by atoms with E-state index in [1.165, 1.54) is 12.0 Å². The van der Waals surface area contributed by atoms with E-state index in [0.29, 0.717) is 5.92 Å². The summed E-state index contributed by atoms with van der Waals surface area (Å²) in [5.41, 5.74) is 1.24. The highest BCUT2D eigenvalue weighted by Gasteiger charge is 2.62. The average Bonchev–Trinajstić information content (AvgIpc) is 3.14. The minimum absolute atomic E-state index is 0.0850. The lowest BCUT2D eigenvalue weighted by Gasteiger charge is -2.43. The standard InChI is InChI=1S/C17H30O3/c1-11(2)7-6-8-12(3)15-16(19-5)14(18)9-13(4)17(15)10-20-17/h8,11,13-16,18H,6-7,9-10H2,1-5H3/b12-8+/t13-,14-,15+,16-,17-/m1/s1. The van der Waals surface area contributed by atoms with Crippen molar-refractivity contribution in [2.75, 3.05) is 13.7 Å². The van der Waals surface area contributed by atoms with Gasteiger partial charge in [0.15, 0.2) is 0 Å². The van der Waals surface area contributed by atoms with Gasteiger partial charge in [0.05, 0.1) is 18.8 Å². The molecular weight excluding hydrogens is 252 g/mol. The molecule has 2 fully saturated rings. The van der Waals surface area contributed by atoms with Crippen molar-refractivity contribution in [3.63, 3.8) is 0 Å². The number of hydrogen-bond donors (Lipinski definition) is 1. The highest BCUT2D eigenvalue weighted by Crippen LogP contribution is 2.53. The fourth-order valence-corrected chi connectivity index (χ4v) is 3.76. The smallest absolute Gasteiger partial charge is 0.103 e. The second-order valence-corrected chi connectivity index (χ2v) is 7.05. The van der Waals surface area contributed by atoms with Crippen LogP contribution in [0.4, 0.5) is 0 Å². The lowest BCUT2D eigenvalue weighted by molar-refractivity contribution is -0.103. The molecule has 1 heterocycles. The van der Waals surface area contributed by atoms with Crippen molar-refractivity contribution in [2.24, 2.45) is 17.8 Å². The van der Waals surface area contributed by atoms with Crippen LogP contribution in [0.5, 0.6) is 0 Å². The summed E-state index contributed by atoms with van der Waals surface area (Å²) in [6, 6.07) is 0. The van der Waals surface area contributed by atoms with Gasteiger partial charge in [0.25, 0.3) is 0 Å². The molecule has 1 spiro atoms. The Morgan fingerprint density at radius 2 is 2.15 bits per heavy atom. The topological polar surface area (TPSA) is 42.0 Å². The number of rotatable bonds is 5. The first-order chi connectivity index (χ1) is 9.42. The van der Waals surface area contributed by atoms with Crippen molar-refractivity contribution in [1.82, 2.24) is 0 Å². The summed E-state index contributed by atoms with van der Waals surface area (Å²) in [4.78, 5) is 0. The highest BCUT2D eigenvalue weighted by molar-refractivity contribution is 5.22. The van der Waals surface area contributed by atoms with Gasteiger partial charge in [-0.25, -0.2) is 0 Å². The quantitative estimate of drug-likeness (QED) is 0.622. The van der Waals surface area contributed by atoms with Gasteiger partial charge in [-0.15, -0.1) is 0 Å². The minimum Gasteiger partial charge on any atom is -0.390 e. The first-order valence-corrected chi connectivity index (χ1v) is 7.93. The number of aliphatic hydroxyl groups excluding tert-OH is 1. The summed E-state index contributed by atoms with van der Waals surface area (Å²) in [7, 11) is 1.70. The van der Waals surface area contributed by atoms with Crippen LogP contribution in [0.25, 0.3) is 0 Å². The molecule has 2 rings (SSSR count). The monoisotopic (exact) mass is 282 g/mol. The molecule has 1 aliphatic carbocycles. The average molecular weight is 282 g/mol. The Bertz CT molecular complexity index is 357. The molecule has 1 saturated heterocycles. The Morgan fingerprint density at radius 1 is 1.50 bits per heavy atom. The fourth-order valence-electron chi connectivity index (χ4n) is 3.76. The lowest BCUT2D eigenvalue weighted by Crippen LogP contribution is -2.52. The van der Waals surface area contributed by atoms with Crippen LogP contribution in [0.3, 0.4) is 0 Å². The molecule has 5 atom stereocenters. The van der Waals surface area contributed by atoms with E-state index >= 15 is 0 Å². The van der Waals surface area contributed by atoms with E-state index in [9.17, 15) is 5.11 Å². The number of allylic oxidation sites excluding steroid dienone is 1. The van der Waals surface area contributed by atoms with Gasteiger partial charge in [-0.1, -0.05) is 32.4 Å². The zero-order valence-corrected chi connectivity index (χ0v) is 13.6. The molecule has 0 unspecified atom stereocenters. The van der Waals surface area contributed by atoms with Crippen LogP contribution in [-0.2, 0) is 9.47 Å². The predicted molar refractivity (Wildman–Crippen MR) is 80.6 cm³/mol. The van der Waals surface area contributed by atoms with Crippen molar-refractivity contribution < 1.29 is 14.6 Å². The molecule has 3 nitrogen and oxygen atoms in total. The van der Waals surface area contributed by atoms with Crippen molar-refractivity contribution in [3.8, 4) is 0 Å². The van der Waals surface area contributed by atoms with Crippen LogP contribution in [0.15, 0.2) is 11.6 Å². The van der Waals surface area contributed by atoms with Crippen LogP contribution < -0.4 is 0 Å². The molecule has 116 valence electrons. The van der Waals surface area contributed by atoms with Crippen LogP contribution in [0.2, 0.25) is 0 Å². The Morgan fingerprint density at radius 3 is 2.65 bits per heavy atom. The van der Waals surface area contributed by atoms with Gasteiger partial charge < -0.3 is 14.6 Å². The molecule has 20 heavy (non-hydrogen) atoms. The second kappa shape index (κ2) is 6.17. The SMILES string of the molecule is CO[C@@H]1[C@H](O)C[C@@H](C)[C@]2(CO2)[C@H]1/C(C)=C/CCC(C)C. The molecule has 0 amide bonds. The predicted octanol–water partition coefficient (Wildman–Crippen LogP) is 3.17. The van der Waals surface area contributed by atoms with Crippen molar-refractivity contribution in [3.05, 3.63) is 11.6 Å². The summed E-state index contributed by atoms with van der Waals surface area (Å²) in [6.07, 6.45) is 4.87. The second-order valence-electron chi connectivity index (χ2n) is 7.05. The first kappa shape index (κ1) is 16.0. The van der Waals surface area contributed by atoms with E-state index < -0.39 is 0 Å². The highest BCUT2D eigenvalue weighted by atomic mass is 16.6. The van der Waals surface area contributed by atoms with Crippen molar-refractivity contribution in [2.45, 2.75) is 64.8 Å². The lowest BCUT2D eigenvalue weighted by atomic mass is 9.67. The summed E-state index contributed by atoms with van der Waals surface area (Å²) in [5.74, 6) is 1.31. The van der Waals surface area contributed by atoms with Gasteiger partial charge in [0.1, 0.15) is 5.60 Å². The molecule has 0 aromatic heterocycles. The molecule has 2 aliphatic rings. The van der Waals surface area contributed by atoms with E-state index in [1.54, 1.807) is 7.11 Å². The van der Waals surface area contributed by atoms with Crippen molar-refractivity contribution in [1.29, 1.82) is 0 Å². The maximum absolute atomic E-state index is 10.3. The number of aliphatic hydroxyl groups is 1. The molecule has 1 saturated carbocycles. The summed E-state index contributed by atoms with van der Waals surface area (Å²) >= 11 is 0. The Kier molecular flexibility index (Phi) is 4.93. The Labute approximate surface area is 123 Å². The molecule has 0 bridgehead atoms. The third-order valence-corrected chi connectivity index (χ3v) is 5.11. The largest absolute Gasteiger partial charge is 0.390 e. The first-order valence-electron chi connectivity index (χ1n) is 7.93. The molecule has 1 N–H and O–H groups in total. The van der Waals surface area contributed by atoms with Gasteiger partial charge in [0, 0.05) is 13.0 Å². The van der Waals surface area contributed by atoms with E-state index in [4.69, 9.17) is 9.47 Å². The normalized spacial score (nSPS) is 41.5. The molecule has 0 aromatic rings. The Hall–Kier alpha value is -0.380. The van der Waals surface area contributed by atoms with Crippen LogP contribution in [0.1, 0.15) is 47.0 Å². The zero-order chi connectivity index (χ0) is 14.9. The summed E-state index contributed by atoms with van der Waals surface area (Å²) in [6.45, 7) is 9.67. The number of hydrogen-bond acceptors (Lipinski definition) is 3. The third kappa shape index (κ3) is 2.95. The number of ether oxygens (including phenoxy) is 2. The zero-order valence-electron chi connectivity index (χ0n) is 13.6. The minimum atomic E-state index is -0.386. The molecule has 0 radical (unpaired) electrons. The maximum Gasteiger partial charge on any atom is 0.103 e. The fraction of sp³-hybridized carbons (Fsp3) is 0.882. The Balaban J connectivity index is 2.15. The third-order valence-electron chi connectivity index (χ3n) is 5.11. The molecular formula is C17H30O3. The van der Waals surface area contributed by atoms with E-state index in [0.717, 1.165) is 25.4 Å². The van der Waals surface area contributed by atoms with Crippen molar-refractivity contribution >= 4 is 0 Å². The number of epoxide rings is 1. The maximum atomic E-state index is 10.3. The van der Waals surface area contributed by atoms with Gasteiger partial charge >= 0.3 is 0 Å². The summed E-state index contributed by atoms with van der Waals surface area (Å²) in [5, 5.41) is 10.3. The molecule has 0 aromatic carbocycles. The van der Waals surface area contributed by atoms with E-state index in [1.807, 2.05) is 0 Å². The van der Waals surface area contributed by atoms with Gasteiger partial charge in [-0.05, 0) is 38.0 Å². The van der Waals surface area contributed by atoms with Crippen LogP contribution in [-0.4, -0.2) is 36.6 Å². The van der Waals surface area contributed by atoms with Crippen LogP contribution in [0, 0.1) is 17.8 Å². The summed E-state index contributed by atoms with van der Waals surface area (Å²) < 4.78 is 11.5. The van der Waals surface area contributed by atoms with E-state index in [-0.39, 0.29) is 23.7 Å².